The fraction of sp³-hybridized carbons (Fsp3) is 0.214. The van der Waals surface area contributed by atoms with Crippen molar-refractivity contribution in [1.82, 2.24) is 0 Å². The molecule has 2 rings (SSSR count). The number of methoxy groups -OCH3 is 1. The molecule has 2 aromatic rings. The van der Waals surface area contributed by atoms with Crippen LogP contribution in [0.2, 0.25) is 5.02 Å². The van der Waals surface area contributed by atoms with Crippen molar-refractivity contribution < 1.29 is 19.4 Å². The molecule has 106 valence electrons. The lowest BCUT2D eigenvalue weighted by Gasteiger charge is -2.13. The standard InChI is InChI=1S/C14H13ClO4S/c1-18-12-8-9(15)7-11(14(16)17)13(12)19-5-4-10-3-2-6-20-10/h2-3,6-8H,4-5H2,1H3,(H,16,17). The van der Waals surface area contributed by atoms with Gasteiger partial charge >= 0.3 is 5.97 Å². The zero-order chi connectivity index (χ0) is 14.5. The number of ether oxygens (including phenoxy) is 2. The summed E-state index contributed by atoms with van der Waals surface area (Å²) in [6.45, 7) is 0.374. The molecule has 0 aliphatic carbocycles. The molecule has 0 aliphatic heterocycles. The number of halogens is 1. The average Bonchev–Trinajstić information content (AvgIpc) is 2.92. The summed E-state index contributed by atoms with van der Waals surface area (Å²) < 4.78 is 10.7. The van der Waals surface area contributed by atoms with E-state index in [9.17, 15) is 9.90 Å². The van der Waals surface area contributed by atoms with E-state index in [0.29, 0.717) is 23.8 Å². The van der Waals surface area contributed by atoms with Gasteiger partial charge in [0.1, 0.15) is 5.56 Å². The van der Waals surface area contributed by atoms with Gasteiger partial charge in [-0.1, -0.05) is 17.7 Å². The number of aromatic carboxylic acids is 1. The SMILES string of the molecule is COc1cc(Cl)cc(C(=O)O)c1OCCc1cccs1. The molecule has 1 aromatic carbocycles. The fourth-order valence-corrected chi connectivity index (χ4v) is 2.63. The number of benzene rings is 1. The molecule has 0 unspecified atom stereocenters. The van der Waals surface area contributed by atoms with E-state index >= 15 is 0 Å². The first kappa shape index (κ1) is 14.7. The normalized spacial score (nSPS) is 10.3. The molecule has 0 spiro atoms. The predicted octanol–water partition coefficient (Wildman–Crippen LogP) is 3.73. The Hall–Kier alpha value is -1.72. The van der Waals surface area contributed by atoms with Crippen LogP contribution in [0.15, 0.2) is 29.6 Å². The van der Waals surface area contributed by atoms with Crippen molar-refractivity contribution in [2.24, 2.45) is 0 Å². The second-order valence-electron chi connectivity index (χ2n) is 3.97. The number of carboxylic acid groups (broad SMARTS) is 1. The largest absolute Gasteiger partial charge is 0.493 e. The number of rotatable bonds is 6. The molecule has 0 aliphatic rings. The first-order valence-corrected chi connectivity index (χ1v) is 7.13. The first-order chi connectivity index (χ1) is 9.61. The number of hydrogen-bond donors (Lipinski definition) is 1. The fourth-order valence-electron chi connectivity index (χ4n) is 1.74. The van der Waals surface area contributed by atoms with Gasteiger partial charge in [0.05, 0.1) is 13.7 Å². The summed E-state index contributed by atoms with van der Waals surface area (Å²) in [5, 5.41) is 11.5. The summed E-state index contributed by atoms with van der Waals surface area (Å²) >= 11 is 7.50. The quantitative estimate of drug-likeness (QED) is 0.883. The minimum Gasteiger partial charge on any atom is -0.493 e. The molecule has 1 heterocycles. The van der Waals surface area contributed by atoms with E-state index in [2.05, 4.69) is 0 Å². The molecule has 0 radical (unpaired) electrons. The molecule has 6 heteroatoms. The third-order valence-electron chi connectivity index (χ3n) is 2.64. The molecule has 0 saturated carbocycles. The van der Waals surface area contributed by atoms with Crippen molar-refractivity contribution in [1.29, 1.82) is 0 Å². The zero-order valence-corrected chi connectivity index (χ0v) is 12.3. The Labute approximate surface area is 125 Å². The second kappa shape index (κ2) is 6.63. The Morgan fingerprint density at radius 2 is 2.25 bits per heavy atom. The lowest BCUT2D eigenvalue weighted by molar-refractivity contribution is 0.0691. The summed E-state index contributed by atoms with van der Waals surface area (Å²) in [7, 11) is 1.45. The topological polar surface area (TPSA) is 55.8 Å². The highest BCUT2D eigenvalue weighted by Crippen LogP contribution is 2.34. The molecule has 1 aromatic heterocycles. The van der Waals surface area contributed by atoms with Crippen LogP contribution in [0.1, 0.15) is 15.2 Å². The Bertz CT molecular complexity index is 595. The van der Waals surface area contributed by atoms with E-state index in [-0.39, 0.29) is 11.3 Å². The number of carbonyl (C=O) groups is 1. The van der Waals surface area contributed by atoms with Crippen LogP contribution in [0, 0.1) is 0 Å². The van der Waals surface area contributed by atoms with E-state index in [0.717, 1.165) is 0 Å². The van der Waals surface area contributed by atoms with Crippen molar-refractivity contribution in [2.75, 3.05) is 13.7 Å². The van der Waals surface area contributed by atoms with Crippen LogP contribution in [-0.2, 0) is 6.42 Å². The lowest BCUT2D eigenvalue weighted by atomic mass is 10.2. The molecule has 0 atom stereocenters. The highest BCUT2D eigenvalue weighted by molar-refractivity contribution is 7.09. The Morgan fingerprint density at radius 3 is 2.85 bits per heavy atom. The van der Waals surface area contributed by atoms with Crippen LogP contribution >= 0.6 is 22.9 Å². The molecule has 0 amide bonds. The molecular formula is C14H13ClO4S. The van der Waals surface area contributed by atoms with E-state index < -0.39 is 5.97 Å². The van der Waals surface area contributed by atoms with Crippen LogP contribution in [0.4, 0.5) is 0 Å². The number of carboxylic acids is 1. The van der Waals surface area contributed by atoms with Gasteiger partial charge in [-0.3, -0.25) is 0 Å². The van der Waals surface area contributed by atoms with Crippen molar-refractivity contribution in [3.63, 3.8) is 0 Å². The van der Waals surface area contributed by atoms with Crippen molar-refractivity contribution in [2.45, 2.75) is 6.42 Å². The van der Waals surface area contributed by atoms with Crippen LogP contribution in [0.3, 0.4) is 0 Å². The van der Waals surface area contributed by atoms with Crippen LogP contribution in [0.5, 0.6) is 11.5 Å². The summed E-state index contributed by atoms with van der Waals surface area (Å²) in [6, 6.07) is 6.86. The van der Waals surface area contributed by atoms with Gasteiger partial charge in [0.15, 0.2) is 11.5 Å². The van der Waals surface area contributed by atoms with Gasteiger partial charge in [-0.05, 0) is 17.5 Å². The molecule has 1 N–H and O–H groups in total. The highest BCUT2D eigenvalue weighted by Gasteiger charge is 2.18. The van der Waals surface area contributed by atoms with E-state index in [1.807, 2.05) is 17.5 Å². The van der Waals surface area contributed by atoms with Crippen molar-refractivity contribution in [3.05, 3.63) is 45.1 Å². The summed E-state index contributed by atoms with van der Waals surface area (Å²) in [4.78, 5) is 12.4. The number of thiophene rings is 1. The zero-order valence-electron chi connectivity index (χ0n) is 10.8. The first-order valence-electron chi connectivity index (χ1n) is 5.88. The summed E-state index contributed by atoms with van der Waals surface area (Å²) in [5.74, 6) is -0.570. The monoisotopic (exact) mass is 312 g/mol. The Morgan fingerprint density at radius 1 is 1.45 bits per heavy atom. The van der Waals surface area contributed by atoms with Crippen molar-refractivity contribution in [3.8, 4) is 11.5 Å². The highest BCUT2D eigenvalue weighted by atomic mass is 35.5. The van der Waals surface area contributed by atoms with E-state index in [1.165, 1.54) is 24.1 Å². The lowest BCUT2D eigenvalue weighted by Crippen LogP contribution is -2.07. The van der Waals surface area contributed by atoms with Crippen LogP contribution < -0.4 is 9.47 Å². The maximum absolute atomic E-state index is 11.2. The molecule has 0 fully saturated rings. The molecule has 4 nitrogen and oxygen atoms in total. The van der Waals surface area contributed by atoms with Gasteiger partial charge in [0, 0.05) is 22.4 Å². The predicted molar refractivity (Wildman–Crippen MR) is 78.5 cm³/mol. The van der Waals surface area contributed by atoms with E-state index in [1.54, 1.807) is 11.3 Å². The smallest absolute Gasteiger partial charge is 0.339 e. The van der Waals surface area contributed by atoms with Gasteiger partial charge in [-0.25, -0.2) is 4.79 Å². The second-order valence-corrected chi connectivity index (χ2v) is 5.44. The van der Waals surface area contributed by atoms with Crippen LogP contribution in [-0.4, -0.2) is 24.8 Å². The third-order valence-corrected chi connectivity index (χ3v) is 3.80. The minimum atomic E-state index is -1.10. The molecule has 20 heavy (non-hydrogen) atoms. The van der Waals surface area contributed by atoms with Gasteiger partial charge in [0.25, 0.3) is 0 Å². The molecule has 0 bridgehead atoms. The van der Waals surface area contributed by atoms with E-state index in [4.69, 9.17) is 21.1 Å². The Balaban J connectivity index is 2.18. The van der Waals surface area contributed by atoms with Crippen LogP contribution in [0.25, 0.3) is 0 Å². The summed E-state index contributed by atoms with van der Waals surface area (Å²) in [5.41, 5.74) is 0.000490. The number of hydrogen-bond acceptors (Lipinski definition) is 4. The van der Waals surface area contributed by atoms with Gasteiger partial charge in [-0.2, -0.15) is 0 Å². The molecule has 0 saturated heterocycles. The maximum Gasteiger partial charge on any atom is 0.339 e. The third kappa shape index (κ3) is 3.43. The van der Waals surface area contributed by atoms with Gasteiger partial charge in [0.2, 0.25) is 0 Å². The molecular weight excluding hydrogens is 300 g/mol. The van der Waals surface area contributed by atoms with Crippen molar-refractivity contribution >= 4 is 28.9 Å². The minimum absolute atomic E-state index is 0.000490. The Kier molecular flexibility index (Phi) is 4.87. The maximum atomic E-state index is 11.2. The average molecular weight is 313 g/mol. The summed E-state index contributed by atoms with van der Waals surface area (Å²) in [6.07, 6.45) is 0.711. The van der Waals surface area contributed by atoms with Gasteiger partial charge in [-0.15, -0.1) is 11.3 Å². The van der Waals surface area contributed by atoms with Gasteiger partial charge < -0.3 is 14.6 Å².